The molecule has 1 amide bonds. The summed E-state index contributed by atoms with van der Waals surface area (Å²) in [6, 6.07) is 4.67. The van der Waals surface area contributed by atoms with Crippen LogP contribution in [0.15, 0.2) is 28.1 Å². The van der Waals surface area contributed by atoms with E-state index in [1.54, 1.807) is 18.2 Å². The fourth-order valence-corrected chi connectivity index (χ4v) is 2.06. The summed E-state index contributed by atoms with van der Waals surface area (Å²) in [5, 5.41) is 9.70. The zero-order valence-corrected chi connectivity index (χ0v) is 9.55. The number of nitrogens with two attached hydrogens (primary N) is 1. The smallest absolute Gasteiger partial charge is 0.286 e. The van der Waals surface area contributed by atoms with Crippen molar-refractivity contribution in [3.05, 3.63) is 33.7 Å². The number of phenols is 1. The molecule has 1 aromatic carbocycles. The third kappa shape index (κ3) is 2.20. The number of hydrogen-bond donors (Lipinski definition) is 2. The van der Waals surface area contributed by atoms with Gasteiger partial charge in [-0.15, -0.1) is 0 Å². The van der Waals surface area contributed by atoms with Crippen LogP contribution in [0.25, 0.3) is 6.08 Å². The molecule has 2 rings (SSSR count). The summed E-state index contributed by atoms with van der Waals surface area (Å²) in [6.45, 7) is 0. The topological polar surface area (TPSA) is 75.7 Å². The lowest BCUT2D eigenvalue weighted by molar-refractivity contribution is -0.113. The van der Waals surface area contributed by atoms with E-state index in [0.29, 0.717) is 10.5 Å². The maximum Gasteiger partial charge on any atom is 0.286 e. The first-order valence-electron chi connectivity index (χ1n) is 4.33. The lowest BCUT2D eigenvalue weighted by Crippen LogP contribution is -2.01. The molecule has 0 saturated heterocycles. The molecule has 0 aliphatic carbocycles. The molecule has 1 heterocycles. The summed E-state index contributed by atoms with van der Waals surface area (Å²) in [6.07, 6.45) is 1.63. The molecule has 0 bridgehead atoms. The summed E-state index contributed by atoms with van der Waals surface area (Å²) in [7, 11) is 0. The van der Waals surface area contributed by atoms with Crippen LogP contribution in [-0.2, 0) is 4.79 Å². The monoisotopic (exact) mass is 254 g/mol. The minimum atomic E-state index is -0.355. The largest absolute Gasteiger partial charge is 0.506 e. The summed E-state index contributed by atoms with van der Waals surface area (Å²) in [5.41, 5.74) is 6.12. The maximum absolute atomic E-state index is 11.3. The van der Waals surface area contributed by atoms with Crippen LogP contribution in [0.5, 0.6) is 5.75 Å². The predicted octanol–water partition coefficient (Wildman–Crippen LogP) is 1.97. The highest BCUT2D eigenvalue weighted by atomic mass is 35.5. The van der Waals surface area contributed by atoms with E-state index in [-0.39, 0.29) is 21.8 Å². The van der Waals surface area contributed by atoms with Crippen molar-refractivity contribution in [3.63, 3.8) is 0 Å². The number of halogens is 1. The van der Waals surface area contributed by atoms with E-state index in [0.717, 1.165) is 11.8 Å². The molecule has 0 unspecified atom stereocenters. The second kappa shape index (κ2) is 4.19. The zero-order chi connectivity index (χ0) is 11.7. The molecule has 0 atom stereocenters. The first-order chi connectivity index (χ1) is 7.56. The Kier molecular flexibility index (Phi) is 2.89. The number of nitrogens with zero attached hydrogens (tertiary/aromatic N) is 1. The van der Waals surface area contributed by atoms with Gasteiger partial charge in [-0.1, -0.05) is 17.7 Å². The standard InChI is InChI=1S/C10H7ClN2O2S/c11-6-3-5(1-2-7(6)14)4-8-9(15)13-10(12)16-8/h1-4,14H,(H2,12,13,15)/b8-4+. The third-order valence-corrected chi connectivity index (χ3v) is 3.02. The van der Waals surface area contributed by atoms with Crippen molar-refractivity contribution in [3.8, 4) is 5.75 Å². The van der Waals surface area contributed by atoms with E-state index in [4.69, 9.17) is 17.3 Å². The van der Waals surface area contributed by atoms with Crippen LogP contribution in [0, 0.1) is 0 Å². The van der Waals surface area contributed by atoms with Gasteiger partial charge >= 0.3 is 0 Å². The Morgan fingerprint density at radius 3 is 2.81 bits per heavy atom. The number of carbonyl (C=O) groups excluding carboxylic acids is 1. The van der Waals surface area contributed by atoms with Gasteiger partial charge in [-0.25, -0.2) is 0 Å². The number of benzene rings is 1. The van der Waals surface area contributed by atoms with Crippen LogP contribution in [0.1, 0.15) is 5.56 Å². The number of amides is 1. The Hall–Kier alpha value is -1.46. The van der Waals surface area contributed by atoms with E-state index in [2.05, 4.69) is 4.99 Å². The molecule has 0 radical (unpaired) electrons. The van der Waals surface area contributed by atoms with Gasteiger partial charge in [0.25, 0.3) is 5.91 Å². The number of carbonyl (C=O) groups is 1. The number of phenolic OH excluding ortho intramolecular Hbond substituents is 1. The second-order valence-corrected chi connectivity index (χ2v) is 4.55. The van der Waals surface area contributed by atoms with Crippen LogP contribution in [-0.4, -0.2) is 16.2 Å². The van der Waals surface area contributed by atoms with E-state index >= 15 is 0 Å². The van der Waals surface area contributed by atoms with Gasteiger partial charge in [0.1, 0.15) is 5.75 Å². The highest BCUT2D eigenvalue weighted by Gasteiger charge is 2.19. The first-order valence-corrected chi connectivity index (χ1v) is 5.52. The van der Waals surface area contributed by atoms with Gasteiger partial charge in [-0.2, -0.15) is 4.99 Å². The number of aliphatic imine (C=N–C) groups is 1. The van der Waals surface area contributed by atoms with E-state index < -0.39 is 0 Å². The molecule has 1 aliphatic heterocycles. The Labute approximate surface area is 101 Å². The van der Waals surface area contributed by atoms with Crippen LogP contribution >= 0.6 is 23.4 Å². The highest BCUT2D eigenvalue weighted by molar-refractivity contribution is 8.18. The summed E-state index contributed by atoms with van der Waals surface area (Å²) in [5.74, 6) is -0.350. The number of thioether (sulfide) groups is 1. The quantitative estimate of drug-likeness (QED) is 0.752. The van der Waals surface area contributed by atoms with Crippen molar-refractivity contribution in [2.45, 2.75) is 0 Å². The summed E-state index contributed by atoms with van der Waals surface area (Å²) in [4.78, 5) is 15.3. The molecular weight excluding hydrogens is 248 g/mol. The van der Waals surface area contributed by atoms with Gasteiger partial charge in [-0.05, 0) is 35.5 Å². The van der Waals surface area contributed by atoms with E-state index in [1.165, 1.54) is 6.07 Å². The van der Waals surface area contributed by atoms with Crippen LogP contribution in [0.3, 0.4) is 0 Å². The number of hydrogen-bond acceptors (Lipinski definition) is 4. The van der Waals surface area contributed by atoms with Gasteiger partial charge in [0.05, 0.1) is 9.93 Å². The molecule has 6 heteroatoms. The lowest BCUT2D eigenvalue weighted by atomic mass is 10.2. The first kappa shape index (κ1) is 11.0. The lowest BCUT2D eigenvalue weighted by Gasteiger charge is -1.99. The third-order valence-electron chi connectivity index (χ3n) is 1.91. The van der Waals surface area contributed by atoms with Gasteiger partial charge in [-0.3, -0.25) is 4.79 Å². The van der Waals surface area contributed by atoms with Crippen LogP contribution in [0.2, 0.25) is 5.02 Å². The van der Waals surface area contributed by atoms with E-state index in [9.17, 15) is 9.90 Å². The van der Waals surface area contributed by atoms with Crippen molar-refractivity contribution in [2.75, 3.05) is 0 Å². The van der Waals surface area contributed by atoms with Crippen LogP contribution in [0.4, 0.5) is 0 Å². The van der Waals surface area contributed by atoms with Gasteiger partial charge in [0.2, 0.25) is 0 Å². The average Bonchev–Trinajstić information content (AvgIpc) is 2.51. The predicted molar refractivity (Wildman–Crippen MR) is 65.3 cm³/mol. The molecule has 0 spiro atoms. The zero-order valence-electron chi connectivity index (χ0n) is 7.98. The van der Waals surface area contributed by atoms with Crippen molar-refractivity contribution in [1.82, 2.24) is 0 Å². The fraction of sp³-hybridized carbons (Fsp3) is 0. The molecule has 1 aromatic rings. The highest BCUT2D eigenvalue weighted by Crippen LogP contribution is 2.29. The molecule has 1 aliphatic rings. The number of rotatable bonds is 1. The van der Waals surface area contributed by atoms with Crippen molar-refractivity contribution in [2.24, 2.45) is 10.7 Å². The molecule has 16 heavy (non-hydrogen) atoms. The normalized spacial score (nSPS) is 17.9. The fourth-order valence-electron chi connectivity index (χ4n) is 1.19. The summed E-state index contributed by atoms with van der Waals surface area (Å²) < 4.78 is 0. The second-order valence-electron chi connectivity index (χ2n) is 3.08. The SMILES string of the molecule is NC1=NC(=O)/C(=C\c2ccc(O)c(Cl)c2)S1. The van der Waals surface area contributed by atoms with E-state index in [1.807, 2.05) is 0 Å². The van der Waals surface area contributed by atoms with Crippen LogP contribution < -0.4 is 5.73 Å². The Balaban J connectivity index is 2.31. The van der Waals surface area contributed by atoms with Gasteiger partial charge in [0.15, 0.2) is 5.17 Å². The molecule has 0 fully saturated rings. The Bertz CT molecular complexity index is 526. The molecule has 82 valence electrons. The Morgan fingerprint density at radius 2 is 2.25 bits per heavy atom. The number of aromatic hydroxyl groups is 1. The summed E-state index contributed by atoms with van der Waals surface area (Å²) >= 11 is 6.85. The van der Waals surface area contributed by atoms with Gasteiger partial charge in [0, 0.05) is 0 Å². The maximum atomic E-state index is 11.3. The molecule has 0 saturated carbocycles. The average molecular weight is 255 g/mol. The molecular formula is C10H7ClN2O2S. The minimum Gasteiger partial charge on any atom is -0.506 e. The molecule has 3 N–H and O–H groups in total. The van der Waals surface area contributed by atoms with Crippen molar-refractivity contribution < 1.29 is 9.90 Å². The minimum absolute atomic E-state index is 0.00461. The molecule has 0 aromatic heterocycles. The van der Waals surface area contributed by atoms with Gasteiger partial charge < -0.3 is 10.8 Å². The van der Waals surface area contributed by atoms with Crippen molar-refractivity contribution in [1.29, 1.82) is 0 Å². The Morgan fingerprint density at radius 1 is 1.50 bits per heavy atom. The van der Waals surface area contributed by atoms with Crippen molar-refractivity contribution >= 4 is 40.5 Å². The number of amidine groups is 1. The molecule has 4 nitrogen and oxygen atoms in total.